The van der Waals surface area contributed by atoms with Crippen LogP contribution < -0.4 is 5.32 Å². The lowest BCUT2D eigenvalue weighted by Crippen LogP contribution is -2.62. The first-order valence-corrected chi connectivity index (χ1v) is 8.10. The Kier molecular flexibility index (Phi) is 4.08. The Morgan fingerprint density at radius 2 is 1.83 bits per heavy atom. The van der Waals surface area contributed by atoms with Gasteiger partial charge in [0, 0.05) is 31.3 Å². The molecule has 2 fully saturated rings. The highest BCUT2D eigenvalue weighted by Crippen LogP contribution is 2.27. The molecule has 1 N–H and O–H groups in total. The van der Waals surface area contributed by atoms with Gasteiger partial charge in [-0.15, -0.1) is 0 Å². The van der Waals surface area contributed by atoms with Gasteiger partial charge >= 0.3 is 0 Å². The van der Waals surface area contributed by atoms with Gasteiger partial charge in [-0.1, -0.05) is 11.8 Å². The third-order valence-electron chi connectivity index (χ3n) is 3.75. The van der Waals surface area contributed by atoms with Crippen LogP contribution in [-0.4, -0.2) is 57.6 Å². The van der Waals surface area contributed by atoms with Gasteiger partial charge < -0.3 is 10.2 Å². The van der Waals surface area contributed by atoms with Crippen LogP contribution in [0.4, 0.5) is 10.5 Å². The van der Waals surface area contributed by atoms with E-state index in [1.807, 2.05) is 0 Å². The third-order valence-corrected chi connectivity index (χ3v) is 4.59. The summed E-state index contributed by atoms with van der Waals surface area (Å²) in [7, 11) is 0. The number of carbonyl (C=O) groups is 4. The highest BCUT2D eigenvalue weighted by molar-refractivity contribution is 8.14. The summed E-state index contributed by atoms with van der Waals surface area (Å²) in [5.41, 5.74) is 1.13. The quantitative estimate of drug-likeness (QED) is 0.897. The number of hydrogen-bond donors (Lipinski definition) is 1. The van der Waals surface area contributed by atoms with Gasteiger partial charge in [-0.2, -0.15) is 0 Å². The SMILES string of the molecule is CC(=O)Nc1ccc(C(=O)N2CC(N3C(=O)CSC3=O)C2)cc1. The van der Waals surface area contributed by atoms with Gasteiger partial charge in [-0.05, 0) is 24.3 Å². The zero-order valence-corrected chi connectivity index (χ0v) is 13.3. The predicted octanol–water partition coefficient (Wildman–Crippen LogP) is 1.16. The molecule has 0 atom stereocenters. The van der Waals surface area contributed by atoms with Crippen LogP contribution in [-0.2, 0) is 9.59 Å². The second kappa shape index (κ2) is 6.04. The standard InChI is InChI=1S/C15H15N3O4S/c1-9(19)16-11-4-2-10(3-5-11)14(21)17-6-12(7-17)18-13(20)8-23-15(18)22/h2-5,12H,6-8H2,1H3,(H,16,19). The highest BCUT2D eigenvalue weighted by Gasteiger charge is 2.43. The molecule has 1 aromatic rings. The summed E-state index contributed by atoms with van der Waals surface area (Å²) in [6, 6.07) is 6.39. The van der Waals surface area contributed by atoms with Crippen LogP contribution in [0, 0.1) is 0 Å². The molecule has 2 aliphatic heterocycles. The van der Waals surface area contributed by atoms with Crippen LogP contribution in [0.25, 0.3) is 0 Å². The van der Waals surface area contributed by atoms with Gasteiger partial charge in [0.25, 0.3) is 11.1 Å². The van der Waals surface area contributed by atoms with Crippen molar-refractivity contribution in [1.29, 1.82) is 0 Å². The molecule has 0 aromatic heterocycles. The van der Waals surface area contributed by atoms with Crippen molar-refractivity contribution in [3.8, 4) is 0 Å². The predicted molar refractivity (Wildman–Crippen MR) is 85.1 cm³/mol. The molecule has 2 saturated heterocycles. The smallest absolute Gasteiger partial charge is 0.289 e. The van der Waals surface area contributed by atoms with E-state index in [4.69, 9.17) is 0 Å². The molecule has 0 bridgehead atoms. The molecule has 0 unspecified atom stereocenters. The summed E-state index contributed by atoms with van der Waals surface area (Å²) < 4.78 is 0. The summed E-state index contributed by atoms with van der Waals surface area (Å²) in [6.07, 6.45) is 0. The number of carbonyl (C=O) groups excluding carboxylic acids is 4. The average Bonchev–Trinajstić information content (AvgIpc) is 2.78. The Morgan fingerprint density at radius 3 is 2.35 bits per heavy atom. The zero-order chi connectivity index (χ0) is 16.6. The Labute approximate surface area is 137 Å². The normalized spacial score (nSPS) is 18.1. The van der Waals surface area contributed by atoms with Crippen LogP contribution in [0.2, 0.25) is 0 Å². The summed E-state index contributed by atoms with van der Waals surface area (Å²) in [5, 5.41) is 2.40. The van der Waals surface area contributed by atoms with Crippen molar-refractivity contribution in [3.05, 3.63) is 29.8 Å². The highest BCUT2D eigenvalue weighted by atomic mass is 32.2. The van der Waals surface area contributed by atoms with Crippen LogP contribution >= 0.6 is 11.8 Å². The number of nitrogens with zero attached hydrogens (tertiary/aromatic N) is 2. The molecule has 7 nitrogen and oxygen atoms in total. The molecule has 1 aromatic carbocycles. The maximum absolute atomic E-state index is 12.3. The van der Waals surface area contributed by atoms with Gasteiger partial charge in [0.2, 0.25) is 11.8 Å². The zero-order valence-electron chi connectivity index (χ0n) is 12.4. The maximum Gasteiger partial charge on any atom is 0.289 e. The van der Waals surface area contributed by atoms with E-state index in [9.17, 15) is 19.2 Å². The molecule has 0 aliphatic carbocycles. The molecule has 23 heavy (non-hydrogen) atoms. The number of thioether (sulfide) groups is 1. The maximum atomic E-state index is 12.3. The minimum atomic E-state index is -0.230. The lowest BCUT2D eigenvalue weighted by Gasteiger charge is -2.42. The molecule has 4 amide bonds. The topological polar surface area (TPSA) is 86.8 Å². The average molecular weight is 333 g/mol. The Bertz CT molecular complexity index is 666. The minimum Gasteiger partial charge on any atom is -0.334 e. The fourth-order valence-electron chi connectivity index (χ4n) is 2.58. The molecular formula is C15H15N3O4S. The molecule has 0 saturated carbocycles. The molecule has 8 heteroatoms. The first kappa shape index (κ1) is 15.5. The van der Waals surface area contributed by atoms with Gasteiger partial charge in [-0.25, -0.2) is 0 Å². The number of likely N-dealkylation sites (tertiary alicyclic amines) is 1. The second-order valence-electron chi connectivity index (χ2n) is 5.44. The molecule has 120 valence electrons. The van der Waals surface area contributed by atoms with Crippen molar-refractivity contribution in [2.24, 2.45) is 0 Å². The van der Waals surface area contributed by atoms with E-state index in [0.717, 1.165) is 11.8 Å². The first-order chi connectivity index (χ1) is 11.0. The van der Waals surface area contributed by atoms with E-state index in [0.29, 0.717) is 24.3 Å². The van der Waals surface area contributed by atoms with Crippen molar-refractivity contribution < 1.29 is 19.2 Å². The van der Waals surface area contributed by atoms with Crippen LogP contribution in [0.3, 0.4) is 0 Å². The Balaban J connectivity index is 1.59. The summed E-state index contributed by atoms with van der Waals surface area (Å²) >= 11 is 1.00. The minimum absolute atomic E-state index is 0.151. The van der Waals surface area contributed by atoms with Crippen LogP contribution in [0.1, 0.15) is 17.3 Å². The largest absolute Gasteiger partial charge is 0.334 e. The van der Waals surface area contributed by atoms with Gasteiger partial charge in [-0.3, -0.25) is 24.1 Å². The Hall–Kier alpha value is -2.35. The van der Waals surface area contributed by atoms with E-state index < -0.39 is 0 Å². The fourth-order valence-corrected chi connectivity index (χ4v) is 3.36. The number of anilines is 1. The molecule has 0 spiro atoms. The van der Waals surface area contributed by atoms with Gasteiger partial charge in [0.05, 0.1) is 11.8 Å². The van der Waals surface area contributed by atoms with Crippen molar-refractivity contribution in [1.82, 2.24) is 9.80 Å². The van der Waals surface area contributed by atoms with Crippen molar-refractivity contribution in [3.63, 3.8) is 0 Å². The molecular weight excluding hydrogens is 318 g/mol. The number of imide groups is 1. The Morgan fingerprint density at radius 1 is 1.17 bits per heavy atom. The van der Waals surface area contributed by atoms with E-state index in [1.165, 1.54) is 11.8 Å². The monoisotopic (exact) mass is 333 g/mol. The van der Waals surface area contributed by atoms with Gasteiger partial charge in [0.1, 0.15) is 0 Å². The van der Waals surface area contributed by atoms with E-state index in [2.05, 4.69) is 5.32 Å². The summed E-state index contributed by atoms with van der Waals surface area (Å²) in [6.45, 7) is 2.15. The molecule has 2 heterocycles. The van der Waals surface area contributed by atoms with Crippen LogP contribution in [0.15, 0.2) is 24.3 Å². The summed E-state index contributed by atoms with van der Waals surface area (Å²) in [5.74, 6) is -0.319. The lowest BCUT2D eigenvalue weighted by atomic mass is 10.0. The van der Waals surface area contributed by atoms with Crippen molar-refractivity contribution in [2.75, 3.05) is 24.2 Å². The molecule has 3 rings (SSSR count). The fraction of sp³-hybridized carbons (Fsp3) is 0.333. The van der Waals surface area contributed by atoms with E-state index in [1.54, 1.807) is 29.2 Å². The van der Waals surface area contributed by atoms with Gasteiger partial charge in [0.15, 0.2) is 0 Å². The molecule has 2 aliphatic rings. The van der Waals surface area contributed by atoms with E-state index in [-0.39, 0.29) is 34.8 Å². The van der Waals surface area contributed by atoms with Crippen molar-refractivity contribution in [2.45, 2.75) is 13.0 Å². The number of hydrogen-bond acceptors (Lipinski definition) is 5. The number of rotatable bonds is 3. The number of nitrogens with one attached hydrogen (secondary N) is 1. The number of benzene rings is 1. The van der Waals surface area contributed by atoms with E-state index >= 15 is 0 Å². The number of amides is 4. The van der Waals surface area contributed by atoms with Crippen LogP contribution in [0.5, 0.6) is 0 Å². The first-order valence-electron chi connectivity index (χ1n) is 7.11. The lowest BCUT2D eigenvalue weighted by molar-refractivity contribution is -0.128. The third kappa shape index (κ3) is 3.07. The van der Waals surface area contributed by atoms with Crippen molar-refractivity contribution >= 4 is 40.4 Å². The molecule has 0 radical (unpaired) electrons. The second-order valence-corrected chi connectivity index (χ2v) is 6.37. The summed E-state index contributed by atoms with van der Waals surface area (Å²) in [4.78, 5) is 49.4.